The monoisotopic (exact) mass is 107 g/mol. The van der Waals surface area contributed by atoms with Gasteiger partial charge in [-0.2, -0.15) is 0 Å². The third kappa shape index (κ3) is 9.49. The van der Waals surface area contributed by atoms with Gasteiger partial charge in [0.1, 0.15) is 0 Å². The Labute approximate surface area is 42.9 Å². The second kappa shape index (κ2) is 8.82. The Kier molecular flexibility index (Phi) is 13.4. The van der Waals surface area contributed by atoms with Crippen LogP contribution in [0.25, 0.3) is 0 Å². The highest BCUT2D eigenvalue weighted by Crippen LogP contribution is 1.35. The zero-order valence-corrected chi connectivity index (χ0v) is 4.17. The van der Waals surface area contributed by atoms with Crippen molar-refractivity contribution in [1.29, 1.82) is 0 Å². The van der Waals surface area contributed by atoms with Crippen LogP contribution in [-0.2, 0) is 0 Å². The molecule has 0 saturated carbocycles. The Morgan fingerprint density at radius 1 is 1.67 bits per heavy atom. The van der Waals surface area contributed by atoms with E-state index in [1.165, 1.54) is 0 Å². The summed E-state index contributed by atoms with van der Waals surface area (Å²) in [6.07, 6.45) is 0. The lowest BCUT2D eigenvalue weighted by Crippen LogP contribution is -1.92. The van der Waals surface area contributed by atoms with Gasteiger partial charge in [-0.1, -0.05) is 5.92 Å². The Hall–Kier alpha value is -0.390. The zero-order valence-electron chi connectivity index (χ0n) is 3.36. The smallest absolute Gasteiger partial charge is 0.0301 e. The van der Waals surface area contributed by atoms with Crippen LogP contribution in [0.4, 0.5) is 0 Å². The van der Waals surface area contributed by atoms with Crippen LogP contribution in [0.1, 0.15) is 6.92 Å². The molecule has 0 rings (SSSR count). The van der Waals surface area contributed by atoms with E-state index in [0.717, 1.165) is 0 Å². The van der Waals surface area contributed by atoms with Gasteiger partial charge in [0.25, 0.3) is 0 Å². The number of nitrogens with one attached hydrogen (secondary N) is 1. The summed E-state index contributed by atoms with van der Waals surface area (Å²) in [5, 5.41) is 7.64. The molecule has 36 valence electrons. The molecule has 0 atom stereocenters. The predicted octanol–water partition coefficient (Wildman–Crippen LogP) is 0.368. The van der Waals surface area contributed by atoms with Crippen LogP contribution in [-0.4, -0.2) is 5.21 Å². The van der Waals surface area contributed by atoms with Crippen molar-refractivity contribution in [2.24, 2.45) is 0 Å². The minimum atomic E-state index is 0. The van der Waals surface area contributed by atoms with Crippen molar-refractivity contribution in [1.82, 2.24) is 5.48 Å². The third-order valence-electron chi connectivity index (χ3n) is 0.181. The molecule has 0 radical (unpaired) electrons. The summed E-state index contributed by atoms with van der Waals surface area (Å²) in [5.41, 5.74) is 1.66. The summed E-state index contributed by atoms with van der Waals surface area (Å²) in [6, 6.07) is 2.17. The van der Waals surface area contributed by atoms with Gasteiger partial charge >= 0.3 is 0 Å². The minimum absolute atomic E-state index is 0. The molecule has 0 saturated heterocycles. The van der Waals surface area contributed by atoms with E-state index in [0.29, 0.717) is 0 Å². The molecule has 2 N–H and O–H groups in total. The fourth-order valence-electron chi connectivity index (χ4n) is 0.0559. The highest BCUT2D eigenvalue weighted by molar-refractivity contribution is 5.85. The molecule has 3 heteroatoms. The van der Waals surface area contributed by atoms with Crippen LogP contribution < -0.4 is 5.48 Å². The van der Waals surface area contributed by atoms with Gasteiger partial charge in [-0.3, -0.25) is 5.21 Å². The van der Waals surface area contributed by atoms with Gasteiger partial charge in [-0.05, 0) is 6.92 Å². The van der Waals surface area contributed by atoms with E-state index in [4.69, 9.17) is 5.21 Å². The van der Waals surface area contributed by atoms with E-state index in [1.807, 2.05) is 0 Å². The summed E-state index contributed by atoms with van der Waals surface area (Å²) in [7, 11) is 0. The Morgan fingerprint density at radius 3 is 2.17 bits per heavy atom. The van der Waals surface area contributed by atoms with Crippen molar-refractivity contribution in [3.63, 3.8) is 0 Å². The quantitative estimate of drug-likeness (QED) is 0.266. The number of rotatable bonds is 0. The first-order valence-electron chi connectivity index (χ1n) is 1.22. The minimum Gasteiger partial charge on any atom is -0.283 e. The van der Waals surface area contributed by atoms with Crippen LogP contribution in [0.5, 0.6) is 0 Å². The average molecular weight is 108 g/mol. The first-order valence-corrected chi connectivity index (χ1v) is 1.22. The fourth-order valence-corrected chi connectivity index (χ4v) is 0.0559. The lowest BCUT2D eigenvalue weighted by atomic mass is 10.8. The molecular formula is C3H6ClNO. The van der Waals surface area contributed by atoms with Crippen molar-refractivity contribution >= 4 is 12.4 Å². The van der Waals surface area contributed by atoms with E-state index in [2.05, 4.69) is 12.0 Å². The molecule has 6 heavy (non-hydrogen) atoms. The molecule has 0 aliphatic rings. The summed E-state index contributed by atoms with van der Waals surface area (Å²) < 4.78 is 0. The van der Waals surface area contributed by atoms with Gasteiger partial charge in [-0.15, -0.1) is 12.4 Å². The van der Waals surface area contributed by atoms with Gasteiger partial charge in [-0.25, -0.2) is 5.48 Å². The average Bonchev–Trinajstić information content (AvgIpc) is 1.41. The van der Waals surface area contributed by atoms with Gasteiger partial charge in [0, 0.05) is 6.04 Å². The summed E-state index contributed by atoms with van der Waals surface area (Å²) in [5.74, 6) is 2.41. The van der Waals surface area contributed by atoms with E-state index >= 15 is 0 Å². The largest absolute Gasteiger partial charge is 0.283 e. The lowest BCUT2D eigenvalue weighted by molar-refractivity contribution is 0.224. The molecule has 2 nitrogen and oxygen atoms in total. The molecule has 0 bridgehead atoms. The van der Waals surface area contributed by atoms with Crippen LogP contribution in [0.3, 0.4) is 0 Å². The standard InChI is InChI=1S/C3H5NO.ClH/c1-2-3-4-5;/h4-5H,1H3;1H. The van der Waals surface area contributed by atoms with Crippen LogP contribution in [0, 0.1) is 12.0 Å². The molecule has 0 heterocycles. The maximum absolute atomic E-state index is 7.64. The van der Waals surface area contributed by atoms with Crippen molar-refractivity contribution in [3.05, 3.63) is 0 Å². The van der Waals surface area contributed by atoms with Gasteiger partial charge in [0.2, 0.25) is 0 Å². The first kappa shape index (κ1) is 9.15. The molecule has 0 aliphatic heterocycles. The second-order valence-corrected chi connectivity index (χ2v) is 0.487. The normalized spacial score (nSPS) is 3.67. The van der Waals surface area contributed by atoms with Crippen molar-refractivity contribution in [2.75, 3.05) is 0 Å². The Bertz CT molecular complexity index is 62.9. The van der Waals surface area contributed by atoms with E-state index in [9.17, 15) is 0 Å². The lowest BCUT2D eigenvalue weighted by Gasteiger charge is -1.67. The fraction of sp³-hybridized carbons (Fsp3) is 0.333. The van der Waals surface area contributed by atoms with Gasteiger partial charge in [0.05, 0.1) is 0 Å². The van der Waals surface area contributed by atoms with Crippen LogP contribution >= 0.6 is 12.4 Å². The summed E-state index contributed by atoms with van der Waals surface area (Å²) in [6.45, 7) is 1.63. The van der Waals surface area contributed by atoms with Crippen molar-refractivity contribution < 1.29 is 5.21 Å². The zero-order chi connectivity index (χ0) is 4.12. The highest BCUT2D eigenvalue weighted by atomic mass is 35.5. The van der Waals surface area contributed by atoms with Gasteiger partial charge in [0.15, 0.2) is 0 Å². The molecule has 0 unspecified atom stereocenters. The molecule has 0 spiro atoms. The number of halogens is 1. The molecule has 0 fully saturated rings. The summed E-state index contributed by atoms with van der Waals surface area (Å²) in [4.78, 5) is 0. The summed E-state index contributed by atoms with van der Waals surface area (Å²) >= 11 is 0. The number of hydrogen-bond donors (Lipinski definition) is 2. The maximum Gasteiger partial charge on any atom is 0.0301 e. The van der Waals surface area contributed by atoms with Crippen LogP contribution in [0.2, 0.25) is 0 Å². The van der Waals surface area contributed by atoms with Crippen molar-refractivity contribution in [2.45, 2.75) is 6.92 Å². The van der Waals surface area contributed by atoms with E-state index in [-0.39, 0.29) is 12.4 Å². The molecule has 0 aromatic heterocycles. The van der Waals surface area contributed by atoms with E-state index < -0.39 is 0 Å². The molecule has 0 aromatic carbocycles. The SMILES string of the molecule is CC#CNO.Cl. The third-order valence-corrected chi connectivity index (χ3v) is 0.181. The Morgan fingerprint density at radius 2 is 2.17 bits per heavy atom. The van der Waals surface area contributed by atoms with Gasteiger partial charge < -0.3 is 0 Å². The first-order chi connectivity index (χ1) is 2.41. The van der Waals surface area contributed by atoms with Crippen molar-refractivity contribution in [3.8, 4) is 12.0 Å². The molecule has 0 aliphatic carbocycles. The second-order valence-electron chi connectivity index (χ2n) is 0.487. The maximum atomic E-state index is 7.64. The molecular weight excluding hydrogens is 101 g/mol. The number of hydrogen-bond acceptors (Lipinski definition) is 2. The topological polar surface area (TPSA) is 32.3 Å². The molecule has 0 aromatic rings. The highest BCUT2D eigenvalue weighted by Gasteiger charge is 1.41. The number of hydroxylamine groups is 1. The van der Waals surface area contributed by atoms with E-state index in [1.54, 1.807) is 12.4 Å². The predicted molar refractivity (Wildman–Crippen MR) is 25.6 cm³/mol. The Balaban J connectivity index is 0. The molecule has 0 amide bonds. The van der Waals surface area contributed by atoms with Crippen LogP contribution in [0.15, 0.2) is 0 Å².